The highest BCUT2D eigenvalue weighted by Gasteiger charge is 2.59. The topological polar surface area (TPSA) is 18.5 Å². The van der Waals surface area contributed by atoms with Crippen LogP contribution in [0, 0.1) is 34.5 Å². The predicted octanol–water partition coefficient (Wildman–Crippen LogP) is 5.41. The first-order valence-corrected chi connectivity index (χ1v) is 10.1. The summed E-state index contributed by atoms with van der Waals surface area (Å²) in [6.07, 6.45) is 13.8. The maximum atomic E-state index is 5.82. The third-order valence-corrected chi connectivity index (χ3v) is 9.19. The van der Waals surface area contributed by atoms with Gasteiger partial charge in [-0.25, -0.2) is 0 Å². The highest BCUT2D eigenvalue weighted by Crippen LogP contribution is 2.67. The van der Waals surface area contributed by atoms with E-state index in [0.29, 0.717) is 10.8 Å². The van der Waals surface area contributed by atoms with Gasteiger partial charge in [0.1, 0.15) is 0 Å². The Balaban J connectivity index is 1.59. The van der Waals surface area contributed by atoms with E-state index in [1.807, 2.05) is 14.2 Å². The molecule has 4 rings (SSSR count). The van der Waals surface area contributed by atoms with E-state index < -0.39 is 0 Å². The molecule has 0 bridgehead atoms. The van der Waals surface area contributed by atoms with Crippen LogP contribution < -0.4 is 0 Å². The number of fused-ring (bicyclic) bond motifs is 5. The quantitative estimate of drug-likeness (QED) is 0.633. The van der Waals surface area contributed by atoms with Gasteiger partial charge in [0.05, 0.1) is 0 Å². The summed E-state index contributed by atoms with van der Waals surface area (Å²) in [5.74, 6) is 3.49. The van der Waals surface area contributed by atoms with Crippen molar-refractivity contribution in [2.45, 2.75) is 83.8 Å². The normalized spacial score (nSPS) is 51.7. The molecule has 0 saturated heterocycles. The molecule has 4 fully saturated rings. The minimum atomic E-state index is -0.298. The lowest BCUT2D eigenvalue weighted by atomic mass is 9.45. The van der Waals surface area contributed by atoms with Crippen molar-refractivity contribution in [3.8, 4) is 0 Å². The molecule has 0 amide bonds. The largest absolute Gasteiger partial charge is 0.353 e. The molecule has 2 nitrogen and oxygen atoms in total. The highest BCUT2D eigenvalue weighted by molar-refractivity contribution is 5.08. The van der Waals surface area contributed by atoms with Crippen LogP contribution in [0.4, 0.5) is 0 Å². The number of rotatable bonds is 2. The number of ether oxygens (including phenoxy) is 2. The van der Waals surface area contributed by atoms with Gasteiger partial charge in [0, 0.05) is 27.1 Å². The van der Waals surface area contributed by atoms with Crippen molar-refractivity contribution in [2.24, 2.45) is 34.5 Å². The lowest BCUT2D eigenvalue weighted by Crippen LogP contribution is -2.56. The molecule has 0 aromatic rings. The fraction of sp³-hybridized carbons (Fsp3) is 1.00. The summed E-state index contributed by atoms with van der Waals surface area (Å²) in [5.41, 5.74) is 1.22. The van der Waals surface area contributed by atoms with Crippen LogP contribution in [-0.2, 0) is 9.47 Å². The monoisotopic (exact) mass is 320 g/mol. The Morgan fingerprint density at radius 2 is 1.57 bits per heavy atom. The van der Waals surface area contributed by atoms with Crippen molar-refractivity contribution in [1.82, 2.24) is 0 Å². The standard InChI is InChI=1S/C21H36O2/c1-19-10-5-6-17(19)16-8-7-15-14-21(22-3,23-4)13-12-20(15,2)18(16)9-11-19/h15-18H,5-14H2,1-4H3/t15-,16-,17-,18+,19+,20-/m0/s1. The average molecular weight is 321 g/mol. The second kappa shape index (κ2) is 5.46. The molecule has 0 radical (unpaired) electrons. The molecule has 0 unspecified atom stereocenters. The van der Waals surface area contributed by atoms with Gasteiger partial charge in [0.2, 0.25) is 0 Å². The van der Waals surface area contributed by atoms with Gasteiger partial charge in [-0.2, -0.15) is 0 Å². The van der Waals surface area contributed by atoms with Crippen molar-refractivity contribution >= 4 is 0 Å². The van der Waals surface area contributed by atoms with Crippen LogP contribution >= 0.6 is 0 Å². The molecule has 0 aromatic heterocycles. The van der Waals surface area contributed by atoms with Crippen LogP contribution in [0.1, 0.15) is 78.1 Å². The lowest BCUT2D eigenvalue weighted by molar-refractivity contribution is -0.261. The van der Waals surface area contributed by atoms with Crippen LogP contribution in [0.5, 0.6) is 0 Å². The summed E-state index contributed by atoms with van der Waals surface area (Å²) in [5, 5.41) is 0. The maximum Gasteiger partial charge on any atom is 0.167 e. The smallest absolute Gasteiger partial charge is 0.167 e. The van der Waals surface area contributed by atoms with E-state index in [-0.39, 0.29) is 5.79 Å². The van der Waals surface area contributed by atoms with Gasteiger partial charge in [0.25, 0.3) is 0 Å². The van der Waals surface area contributed by atoms with Crippen LogP contribution in [0.3, 0.4) is 0 Å². The Kier molecular flexibility index (Phi) is 3.89. The molecule has 4 aliphatic carbocycles. The van der Waals surface area contributed by atoms with Gasteiger partial charge < -0.3 is 9.47 Å². The predicted molar refractivity (Wildman–Crippen MR) is 93.1 cm³/mol. The van der Waals surface area contributed by atoms with E-state index in [2.05, 4.69) is 13.8 Å². The van der Waals surface area contributed by atoms with Gasteiger partial charge in [-0.05, 0) is 79.4 Å². The number of methoxy groups -OCH3 is 2. The zero-order valence-corrected chi connectivity index (χ0v) is 15.7. The first-order valence-electron chi connectivity index (χ1n) is 10.1. The molecule has 0 N–H and O–H groups in total. The summed E-state index contributed by atoms with van der Waals surface area (Å²) < 4.78 is 11.6. The molecule has 0 heterocycles. The first-order chi connectivity index (χ1) is 11.0. The van der Waals surface area contributed by atoms with Crippen LogP contribution in [-0.4, -0.2) is 20.0 Å². The van der Waals surface area contributed by atoms with Gasteiger partial charge in [-0.15, -0.1) is 0 Å². The second-order valence-corrected chi connectivity index (χ2v) is 9.76. The number of hydrogen-bond donors (Lipinski definition) is 0. The fourth-order valence-corrected chi connectivity index (χ4v) is 7.64. The van der Waals surface area contributed by atoms with Crippen LogP contribution in [0.15, 0.2) is 0 Å². The molecule has 132 valence electrons. The Morgan fingerprint density at radius 3 is 2.30 bits per heavy atom. The molecular weight excluding hydrogens is 284 g/mol. The van der Waals surface area contributed by atoms with Gasteiger partial charge in [-0.3, -0.25) is 0 Å². The van der Waals surface area contributed by atoms with E-state index in [1.54, 1.807) is 0 Å². The van der Waals surface area contributed by atoms with Crippen molar-refractivity contribution in [1.29, 1.82) is 0 Å². The molecule has 23 heavy (non-hydrogen) atoms. The van der Waals surface area contributed by atoms with Gasteiger partial charge in [0.15, 0.2) is 5.79 Å². The molecule has 6 atom stereocenters. The summed E-state index contributed by atoms with van der Waals surface area (Å²) in [4.78, 5) is 0. The SMILES string of the molecule is COC1(OC)CC[C@@]2(C)[C@@H](CC[C@@H]3[C@H]2CC[C@@]2(C)CCC[C@@H]32)C1. The summed E-state index contributed by atoms with van der Waals surface area (Å²) in [6, 6.07) is 0. The summed E-state index contributed by atoms with van der Waals surface area (Å²) >= 11 is 0. The molecule has 0 aromatic carbocycles. The van der Waals surface area contributed by atoms with Crippen LogP contribution in [0.25, 0.3) is 0 Å². The summed E-state index contributed by atoms with van der Waals surface area (Å²) in [7, 11) is 3.67. The Morgan fingerprint density at radius 1 is 0.783 bits per heavy atom. The zero-order chi connectivity index (χ0) is 16.3. The second-order valence-electron chi connectivity index (χ2n) is 9.76. The molecule has 4 aliphatic rings. The van der Waals surface area contributed by atoms with Gasteiger partial charge in [-0.1, -0.05) is 20.3 Å². The van der Waals surface area contributed by atoms with Crippen LogP contribution in [0.2, 0.25) is 0 Å². The van der Waals surface area contributed by atoms with E-state index in [9.17, 15) is 0 Å². The average Bonchev–Trinajstić information content (AvgIpc) is 2.96. The highest BCUT2D eigenvalue weighted by atomic mass is 16.7. The maximum absolute atomic E-state index is 5.82. The fourth-order valence-electron chi connectivity index (χ4n) is 7.64. The van der Waals surface area contributed by atoms with Crippen molar-refractivity contribution in [3.05, 3.63) is 0 Å². The number of hydrogen-bond acceptors (Lipinski definition) is 2. The third kappa shape index (κ3) is 2.27. The molecule has 4 saturated carbocycles. The Labute approximate surface area is 142 Å². The minimum absolute atomic E-state index is 0.298. The molecular formula is C21H36O2. The van der Waals surface area contributed by atoms with Crippen molar-refractivity contribution in [2.75, 3.05) is 14.2 Å². The lowest BCUT2D eigenvalue weighted by Gasteiger charge is -2.61. The first kappa shape index (κ1) is 16.4. The minimum Gasteiger partial charge on any atom is -0.353 e. The van der Waals surface area contributed by atoms with E-state index in [4.69, 9.17) is 9.47 Å². The van der Waals surface area contributed by atoms with Crippen molar-refractivity contribution < 1.29 is 9.47 Å². The van der Waals surface area contributed by atoms with Crippen molar-refractivity contribution in [3.63, 3.8) is 0 Å². The molecule has 0 spiro atoms. The third-order valence-electron chi connectivity index (χ3n) is 9.19. The zero-order valence-electron chi connectivity index (χ0n) is 15.7. The van der Waals surface area contributed by atoms with E-state index >= 15 is 0 Å². The Hall–Kier alpha value is -0.0800. The molecule has 0 aliphatic heterocycles. The Bertz CT molecular complexity index is 457. The van der Waals surface area contributed by atoms with E-state index in [0.717, 1.165) is 36.5 Å². The molecule has 2 heteroatoms. The van der Waals surface area contributed by atoms with E-state index in [1.165, 1.54) is 51.4 Å². The summed E-state index contributed by atoms with van der Waals surface area (Å²) in [6.45, 7) is 5.23. The van der Waals surface area contributed by atoms with Gasteiger partial charge >= 0.3 is 0 Å².